The number of nitrogens with one attached hydrogen (secondary N) is 3. The van der Waals surface area contributed by atoms with Gasteiger partial charge in [0.15, 0.2) is 5.96 Å². The van der Waals surface area contributed by atoms with Crippen molar-refractivity contribution in [3.8, 4) is 0 Å². The molecule has 6 heteroatoms. The fourth-order valence-corrected chi connectivity index (χ4v) is 3.82. The van der Waals surface area contributed by atoms with Crippen LogP contribution in [0.15, 0.2) is 35.3 Å². The molecule has 0 radical (unpaired) electrons. The minimum atomic E-state index is 0.192. The molecule has 2 fully saturated rings. The van der Waals surface area contributed by atoms with Crippen molar-refractivity contribution in [3.05, 3.63) is 35.9 Å². The first-order valence-corrected chi connectivity index (χ1v) is 11.3. The van der Waals surface area contributed by atoms with Crippen molar-refractivity contribution in [2.45, 2.75) is 45.6 Å². The quantitative estimate of drug-likeness (QED) is 0.339. The van der Waals surface area contributed by atoms with E-state index in [1.807, 2.05) is 0 Å². The van der Waals surface area contributed by atoms with Gasteiger partial charge in [-0.15, -0.1) is 0 Å². The largest absolute Gasteiger partial charge is 0.357 e. The number of hydrogen-bond donors (Lipinski definition) is 3. The standard InChI is InChI=1S/C23H37N5O/c1-3-24-23(26-14-13-25-22(29)20-9-10-20)27-17-21(19-7-5-4-6-8-19)28-15-11-18(2)12-16-28/h4-8,18,20-21H,3,9-17H2,1-2H3,(H,25,29)(H2,24,26,27). The lowest BCUT2D eigenvalue weighted by Crippen LogP contribution is -2.43. The van der Waals surface area contributed by atoms with Crippen LogP contribution in [-0.2, 0) is 4.79 Å². The third-order valence-corrected chi connectivity index (χ3v) is 5.87. The van der Waals surface area contributed by atoms with E-state index in [9.17, 15) is 4.79 Å². The average molecular weight is 400 g/mol. The van der Waals surface area contributed by atoms with Crippen molar-refractivity contribution in [1.29, 1.82) is 0 Å². The molecule has 3 rings (SSSR count). The summed E-state index contributed by atoms with van der Waals surface area (Å²) >= 11 is 0. The number of hydrogen-bond acceptors (Lipinski definition) is 3. The van der Waals surface area contributed by atoms with Gasteiger partial charge in [-0.2, -0.15) is 0 Å². The summed E-state index contributed by atoms with van der Waals surface area (Å²) in [5, 5.41) is 9.68. The Hall–Kier alpha value is -2.08. The number of aliphatic imine (C=N–C) groups is 1. The number of carbonyl (C=O) groups is 1. The third-order valence-electron chi connectivity index (χ3n) is 5.87. The zero-order valence-corrected chi connectivity index (χ0v) is 18.0. The Bertz CT molecular complexity index is 650. The van der Waals surface area contributed by atoms with E-state index in [4.69, 9.17) is 4.99 Å². The molecule has 1 aromatic rings. The van der Waals surface area contributed by atoms with E-state index in [0.717, 1.165) is 50.9 Å². The first-order valence-electron chi connectivity index (χ1n) is 11.3. The zero-order chi connectivity index (χ0) is 20.5. The average Bonchev–Trinajstić information content (AvgIpc) is 3.58. The molecule has 3 N–H and O–H groups in total. The van der Waals surface area contributed by atoms with E-state index in [1.54, 1.807) is 0 Å². The molecule has 0 bridgehead atoms. The van der Waals surface area contributed by atoms with Crippen molar-refractivity contribution in [2.24, 2.45) is 16.8 Å². The minimum Gasteiger partial charge on any atom is -0.357 e. The number of carbonyl (C=O) groups excluding carboxylic acids is 1. The molecule has 1 aliphatic heterocycles. The number of guanidine groups is 1. The van der Waals surface area contributed by atoms with E-state index in [1.165, 1.54) is 18.4 Å². The second-order valence-electron chi connectivity index (χ2n) is 8.36. The van der Waals surface area contributed by atoms with Gasteiger partial charge in [-0.1, -0.05) is 37.3 Å². The topological polar surface area (TPSA) is 68.8 Å². The first kappa shape index (κ1) is 21.6. The lowest BCUT2D eigenvalue weighted by Gasteiger charge is -2.36. The molecule has 1 saturated carbocycles. The second-order valence-corrected chi connectivity index (χ2v) is 8.36. The van der Waals surface area contributed by atoms with Crippen LogP contribution < -0.4 is 16.0 Å². The summed E-state index contributed by atoms with van der Waals surface area (Å²) in [6.07, 6.45) is 4.59. The maximum atomic E-state index is 11.8. The van der Waals surface area contributed by atoms with Gasteiger partial charge in [0, 0.05) is 25.6 Å². The maximum absolute atomic E-state index is 11.8. The molecule has 6 nitrogen and oxygen atoms in total. The predicted octanol–water partition coefficient (Wildman–Crippen LogP) is 2.54. The summed E-state index contributed by atoms with van der Waals surface area (Å²) in [5.74, 6) is 2.09. The van der Waals surface area contributed by atoms with E-state index < -0.39 is 0 Å². The highest BCUT2D eigenvalue weighted by Gasteiger charge is 2.29. The molecule has 160 valence electrons. The minimum absolute atomic E-state index is 0.192. The molecule has 0 spiro atoms. The van der Waals surface area contributed by atoms with E-state index in [2.05, 4.69) is 65.0 Å². The Morgan fingerprint density at radius 3 is 2.41 bits per heavy atom. The Kier molecular flexibility index (Phi) is 8.35. The highest BCUT2D eigenvalue weighted by atomic mass is 16.2. The number of nitrogens with zero attached hydrogens (tertiary/aromatic N) is 2. The van der Waals surface area contributed by atoms with Gasteiger partial charge < -0.3 is 16.0 Å². The number of benzene rings is 1. The summed E-state index contributed by atoms with van der Waals surface area (Å²) in [5.41, 5.74) is 1.33. The van der Waals surface area contributed by atoms with Crippen LogP contribution in [0.4, 0.5) is 0 Å². The van der Waals surface area contributed by atoms with E-state index >= 15 is 0 Å². The monoisotopic (exact) mass is 399 g/mol. The Morgan fingerprint density at radius 2 is 1.76 bits per heavy atom. The number of likely N-dealkylation sites (tertiary alicyclic amines) is 1. The van der Waals surface area contributed by atoms with Crippen LogP contribution in [0.25, 0.3) is 0 Å². The summed E-state index contributed by atoms with van der Waals surface area (Å²) in [6, 6.07) is 11.0. The molecule has 1 amide bonds. The molecule has 1 aliphatic carbocycles. The fourth-order valence-electron chi connectivity index (χ4n) is 3.82. The van der Waals surface area contributed by atoms with E-state index in [0.29, 0.717) is 19.1 Å². The van der Waals surface area contributed by atoms with Crippen LogP contribution in [0, 0.1) is 11.8 Å². The molecule has 1 saturated heterocycles. The smallest absolute Gasteiger partial charge is 0.223 e. The molecule has 1 aromatic carbocycles. The Labute approximate surface area is 175 Å². The van der Waals surface area contributed by atoms with Crippen LogP contribution in [0.1, 0.15) is 51.1 Å². The van der Waals surface area contributed by atoms with Gasteiger partial charge in [-0.25, -0.2) is 0 Å². The third kappa shape index (κ3) is 7.03. The van der Waals surface area contributed by atoms with Crippen molar-refractivity contribution in [3.63, 3.8) is 0 Å². The van der Waals surface area contributed by atoms with Crippen molar-refractivity contribution < 1.29 is 4.79 Å². The van der Waals surface area contributed by atoms with Crippen LogP contribution in [0.2, 0.25) is 0 Å². The van der Waals surface area contributed by atoms with Crippen molar-refractivity contribution >= 4 is 11.9 Å². The normalized spacial score (nSPS) is 19.6. The lowest BCUT2D eigenvalue weighted by molar-refractivity contribution is -0.122. The molecule has 29 heavy (non-hydrogen) atoms. The molecular formula is C23H37N5O. The summed E-state index contributed by atoms with van der Waals surface area (Å²) in [4.78, 5) is 19.2. The Morgan fingerprint density at radius 1 is 1.07 bits per heavy atom. The molecule has 2 aliphatic rings. The Balaban J connectivity index is 1.57. The van der Waals surface area contributed by atoms with Gasteiger partial charge in [0.05, 0.1) is 12.6 Å². The second kappa shape index (κ2) is 11.2. The number of amides is 1. The van der Waals surface area contributed by atoms with Crippen molar-refractivity contribution in [2.75, 3.05) is 39.3 Å². The summed E-state index contributed by atoms with van der Waals surface area (Å²) in [6.45, 7) is 9.54. The van der Waals surface area contributed by atoms with Gasteiger partial charge >= 0.3 is 0 Å². The molecular weight excluding hydrogens is 362 g/mol. The van der Waals surface area contributed by atoms with Crippen molar-refractivity contribution in [1.82, 2.24) is 20.9 Å². The fraction of sp³-hybridized carbons (Fsp3) is 0.652. The van der Waals surface area contributed by atoms with Gasteiger partial charge in [-0.3, -0.25) is 14.7 Å². The van der Waals surface area contributed by atoms with Crippen LogP contribution >= 0.6 is 0 Å². The predicted molar refractivity (Wildman–Crippen MR) is 119 cm³/mol. The molecule has 1 unspecified atom stereocenters. The molecule has 0 aromatic heterocycles. The van der Waals surface area contributed by atoms with Crippen LogP contribution in [0.3, 0.4) is 0 Å². The van der Waals surface area contributed by atoms with Crippen LogP contribution in [-0.4, -0.2) is 56.0 Å². The zero-order valence-electron chi connectivity index (χ0n) is 18.0. The summed E-state index contributed by atoms with van der Waals surface area (Å²) < 4.78 is 0. The molecule has 1 heterocycles. The molecule has 1 atom stereocenters. The SMILES string of the molecule is CCNC(=NCC(c1ccccc1)N1CCC(C)CC1)NCCNC(=O)C1CC1. The number of piperidine rings is 1. The summed E-state index contributed by atoms with van der Waals surface area (Å²) in [7, 11) is 0. The highest BCUT2D eigenvalue weighted by molar-refractivity contribution is 5.81. The maximum Gasteiger partial charge on any atom is 0.223 e. The van der Waals surface area contributed by atoms with Crippen LogP contribution in [0.5, 0.6) is 0 Å². The van der Waals surface area contributed by atoms with E-state index in [-0.39, 0.29) is 11.8 Å². The number of rotatable bonds is 9. The van der Waals surface area contributed by atoms with Gasteiger partial charge in [0.2, 0.25) is 5.91 Å². The highest BCUT2D eigenvalue weighted by Crippen LogP contribution is 2.28. The first-order chi connectivity index (χ1) is 14.2. The van der Waals surface area contributed by atoms with Gasteiger partial charge in [-0.05, 0) is 57.2 Å². The lowest BCUT2D eigenvalue weighted by atomic mass is 9.96. The van der Waals surface area contributed by atoms with Gasteiger partial charge in [0.1, 0.15) is 0 Å². The van der Waals surface area contributed by atoms with Gasteiger partial charge in [0.25, 0.3) is 0 Å².